The topological polar surface area (TPSA) is 140 Å². The Kier molecular flexibility index (Phi) is 5.90. The zero-order chi connectivity index (χ0) is 22.4. The van der Waals surface area contributed by atoms with E-state index in [1.165, 1.54) is 6.92 Å². The van der Waals surface area contributed by atoms with Gasteiger partial charge in [-0.05, 0) is 12.3 Å². The van der Waals surface area contributed by atoms with E-state index in [0.29, 0.717) is 5.57 Å². The Morgan fingerprint density at radius 3 is 2.50 bits per heavy atom. The monoisotopic (exact) mass is 422 g/mol. The fraction of sp³-hybridized carbons (Fsp3) is 0.571. The molecule has 2 saturated carbocycles. The van der Waals surface area contributed by atoms with Crippen LogP contribution in [0.4, 0.5) is 0 Å². The molecule has 0 unspecified atom stereocenters. The number of carbonyl (C=O) groups excluding carboxylic acids is 3. The first kappa shape index (κ1) is 22.2. The van der Waals surface area contributed by atoms with Gasteiger partial charge in [0.2, 0.25) is 0 Å². The third kappa shape index (κ3) is 3.46. The maximum Gasteiger partial charge on any atom is 0.336 e. The molecule has 0 bridgehead atoms. The number of aliphatic hydroxyl groups is 3. The van der Waals surface area contributed by atoms with Crippen molar-refractivity contribution in [3.8, 4) is 0 Å². The van der Waals surface area contributed by atoms with Crippen molar-refractivity contribution in [2.45, 2.75) is 43.7 Å². The van der Waals surface area contributed by atoms with Crippen molar-refractivity contribution in [1.29, 1.82) is 0 Å². The molecule has 1 aliphatic heterocycles. The van der Waals surface area contributed by atoms with Crippen molar-refractivity contribution >= 4 is 17.9 Å². The van der Waals surface area contributed by atoms with Crippen LogP contribution in [0.1, 0.15) is 19.8 Å². The van der Waals surface area contributed by atoms with Gasteiger partial charge < -0.3 is 29.5 Å². The minimum Gasteiger partial charge on any atom is -0.459 e. The zero-order valence-corrected chi connectivity index (χ0v) is 16.7. The van der Waals surface area contributed by atoms with Crippen LogP contribution in [0.5, 0.6) is 0 Å². The molecule has 0 spiro atoms. The maximum atomic E-state index is 12.3. The van der Waals surface area contributed by atoms with Gasteiger partial charge in [0.1, 0.15) is 23.9 Å². The molecule has 2 aliphatic carbocycles. The van der Waals surface area contributed by atoms with E-state index in [9.17, 15) is 24.6 Å². The molecule has 3 fully saturated rings. The zero-order valence-electron chi connectivity index (χ0n) is 16.7. The second kappa shape index (κ2) is 7.98. The average molecular weight is 422 g/mol. The minimum atomic E-state index is -1.89. The van der Waals surface area contributed by atoms with Crippen LogP contribution < -0.4 is 0 Å². The Morgan fingerprint density at radius 1 is 1.27 bits per heavy atom. The van der Waals surface area contributed by atoms with Gasteiger partial charge >= 0.3 is 17.9 Å². The second-order valence-electron chi connectivity index (χ2n) is 8.10. The quantitative estimate of drug-likeness (QED) is 0.238. The smallest absolute Gasteiger partial charge is 0.336 e. The molecule has 164 valence electrons. The highest BCUT2D eigenvalue weighted by molar-refractivity contribution is 5.92. The third-order valence-electron chi connectivity index (χ3n) is 6.34. The number of aliphatic hydroxyl groups excluding tert-OH is 2. The van der Waals surface area contributed by atoms with Crippen molar-refractivity contribution in [3.63, 3.8) is 0 Å². The average Bonchev–Trinajstić information content (AvgIpc) is 3.09. The van der Waals surface area contributed by atoms with E-state index in [1.54, 1.807) is 0 Å². The number of fused-ring (bicyclic) bond motifs is 3. The first-order chi connectivity index (χ1) is 14.0. The summed E-state index contributed by atoms with van der Waals surface area (Å²) in [6.45, 7) is 11.1. The van der Waals surface area contributed by atoms with Crippen LogP contribution in [0.15, 0.2) is 36.5 Å². The molecule has 3 rings (SSSR count). The lowest BCUT2D eigenvalue weighted by Crippen LogP contribution is -2.54. The summed E-state index contributed by atoms with van der Waals surface area (Å²) in [5.74, 6) is -4.28. The molecule has 9 nitrogen and oxygen atoms in total. The molecule has 9 heteroatoms. The summed E-state index contributed by atoms with van der Waals surface area (Å²) < 4.78 is 16.3. The lowest BCUT2D eigenvalue weighted by Gasteiger charge is -2.37. The van der Waals surface area contributed by atoms with Gasteiger partial charge in [-0.25, -0.2) is 9.59 Å². The minimum absolute atomic E-state index is 0.0667. The lowest BCUT2D eigenvalue weighted by molar-refractivity contribution is -0.181. The van der Waals surface area contributed by atoms with Gasteiger partial charge in [-0.1, -0.05) is 25.3 Å². The normalized spacial score (nSPS) is 37.7. The first-order valence-electron chi connectivity index (χ1n) is 9.62. The van der Waals surface area contributed by atoms with Gasteiger partial charge in [-0.2, -0.15) is 0 Å². The molecular weight excluding hydrogens is 396 g/mol. The SMILES string of the molecule is C=C(CO)C(=O)O[C@H]1CC(=C)[C@@H]2C[C@H](OC(C)=O)[C@](O)(CO)[C@@H]2[C@H]2OC(=O)C(=C)[C@@H]21. The fourth-order valence-corrected chi connectivity index (χ4v) is 4.91. The highest BCUT2D eigenvalue weighted by Gasteiger charge is 2.65. The summed E-state index contributed by atoms with van der Waals surface area (Å²) in [7, 11) is 0. The van der Waals surface area contributed by atoms with Crippen LogP contribution in [0, 0.1) is 17.8 Å². The van der Waals surface area contributed by atoms with E-state index >= 15 is 0 Å². The molecule has 1 saturated heterocycles. The van der Waals surface area contributed by atoms with E-state index in [2.05, 4.69) is 19.7 Å². The number of hydrogen-bond donors (Lipinski definition) is 3. The van der Waals surface area contributed by atoms with E-state index in [4.69, 9.17) is 19.3 Å². The Morgan fingerprint density at radius 2 is 1.93 bits per heavy atom. The summed E-state index contributed by atoms with van der Waals surface area (Å²) in [5, 5.41) is 30.5. The van der Waals surface area contributed by atoms with Crippen molar-refractivity contribution < 1.29 is 43.9 Å². The third-order valence-corrected chi connectivity index (χ3v) is 6.34. The molecule has 0 aromatic heterocycles. The maximum absolute atomic E-state index is 12.3. The van der Waals surface area contributed by atoms with Crippen LogP contribution in [-0.2, 0) is 28.6 Å². The standard InChI is InChI=1S/C21H26O9/c1-9-5-14(29-19(25)10(2)7-22)16-11(3)20(26)30-18(16)17-13(9)6-15(28-12(4)24)21(17,27)8-23/h13-18,22-23,27H,1-3,5-8H2,4H3/t13-,14-,15-,16+,17-,18-,21+/m0/s1. The number of carbonyl (C=O) groups is 3. The number of esters is 3. The van der Waals surface area contributed by atoms with Crippen LogP contribution >= 0.6 is 0 Å². The number of ether oxygens (including phenoxy) is 3. The van der Waals surface area contributed by atoms with Gasteiger partial charge in [0.25, 0.3) is 0 Å². The Balaban J connectivity index is 2.02. The highest BCUT2D eigenvalue weighted by Crippen LogP contribution is 2.55. The summed E-state index contributed by atoms with van der Waals surface area (Å²) in [4.78, 5) is 36.1. The molecule has 0 radical (unpaired) electrons. The molecule has 0 aromatic carbocycles. The number of rotatable bonds is 5. The van der Waals surface area contributed by atoms with Crippen molar-refractivity contribution in [3.05, 3.63) is 36.5 Å². The van der Waals surface area contributed by atoms with E-state index in [0.717, 1.165) is 0 Å². The fourth-order valence-electron chi connectivity index (χ4n) is 4.91. The Labute approximate surface area is 173 Å². The van der Waals surface area contributed by atoms with E-state index < -0.39 is 72.8 Å². The van der Waals surface area contributed by atoms with Crippen molar-refractivity contribution in [2.75, 3.05) is 13.2 Å². The van der Waals surface area contributed by atoms with E-state index in [1.807, 2.05) is 0 Å². The van der Waals surface area contributed by atoms with Crippen LogP contribution in [-0.4, -0.2) is 70.4 Å². The predicted octanol–water partition coefficient (Wildman–Crippen LogP) is -0.204. The molecule has 30 heavy (non-hydrogen) atoms. The van der Waals surface area contributed by atoms with Crippen LogP contribution in [0.25, 0.3) is 0 Å². The Bertz CT molecular complexity index is 815. The van der Waals surface area contributed by atoms with Crippen molar-refractivity contribution in [1.82, 2.24) is 0 Å². The highest BCUT2D eigenvalue weighted by atomic mass is 16.6. The predicted molar refractivity (Wildman–Crippen MR) is 102 cm³/mol. The Hall–Kier alpha value is -2.49. The number of hydrogen-bond acceptors (Lipinski definition) is 9. The molecule has 0 amide bonds. The lowest BCUT2D eigenvalue weighted by atomic mass is 9.76. The van der Waals surface area contributed by atoms with Gasteiger partial charge in [-0.3, -0.25) is 4.79 Å². The molecule has 3 aliphatic rings. The van der Waals surface area contributed by atoms with Crippen molar-refractivity contribution in [2.24, 2.45) is 17.8 Å². The molecule has 1 heterocycles. The van der Waals surface area contributed by atoms with Gasteiger partial charge in [0.05, 0.1) is 24.7 Å². The molecule has 3 N–H and O–H groups in total. The first-order valence-corrected chi connectivity index (χ1v) is 9.62. The van der Waals surface area contributed by atoms with Crippen LogP contribution in [0.3, 0.4) is 0 Å². The summed E-state index contributed by atoms with van der Waals surface area (Å²) in [6, 6.07) is 0. The molecule has 0 aromatic rings. The largest absolute Gasteiger partial charge is 0.459 e. The van der Waals surface area contributed by atoms with Gasteiger partial charge in [0, 0.05) is 24.8 Å². The summed E-state index contributed by atoms with van der Waals surface area (Å²) >= 11 is 0. The van der Waals surface area contributed by atoms with E-state index in [-0.39, 0.29) is 24.0 Å². The van der Waals surface area contributed by atoms with Gasteiger partial charge in [-0.15, -0.1) is 0 Å². The van der Waals surface area contributed by atoms with Gasteiger partial charge in [0.15, 0.2) is 0 Å². The summed E-state index contributed by atoms with van der Waals surface area (Å²) in [6.07, 6.45) is -2.59. The molecular formula is C21H26O9. The molecule has 7 atom stereocenters. The van der Waals surface area contributed by atoms with Crippen LogP contribution in [0.2, 0.25) is 0 Å². The second-order valence-corrected chi connectivity index (χ2v) is 8.10. The summed E-state index contributed by atoms with van der Waals surface area (Å²) in [5.41, 5.74) is -1.38.